The predicted octanol–water partition coefficient (Wildman–Crippen LogP) is -0.0944. The summed E-state index contributed by atoms with van der Waals surface area (Å²) in [6.45, 7) is 3.11. The van der Waals surface area contributed by atoms with Crippen LogP contribution < -0.4 is 10.6 Å². The number of nitrogens with two attached hydrogens (primary N) is 1. The van der Waals surface area contributed by atoms with Gasteiger partial charge in [-0.15, -0.1) is 0 Å². The minimum atomic E-state index is 0.0647. The Morgan fingerprint density at radius 1 is 1.65 bits per heavy atom. The maximum absolute atomic E-state index is 8.79. The van der Waals surface area contributed by atoms with Crippen LogP contribution in [0.3, 0.4) is 0 Å². The van der Waals surface area contributed by atoms with Gasteiger partial charge in [0.05, 0.1) is 17.9 Å². The number of aromatic nitrogens is 2. The van der Waals surface area contributed by atoms with Crippen molar-refractivity contribution in [1.29, 1.82) is 0 Å². The zero-order valence-corrected chi connectivity index (χ0v) is 10.6. The predicted molar refractivity (Wildman–Crippen MR) is 65.6 cm³/mol. The van der Waals surface area contributed by atoms with Crippen LogP contribution in [0.2, 0.25) is 0 Å². The van der Waals surface area contributed by atoms with Crippen LogP contribution >= 0.6 is 0 Å². The van der Waals surface area contributed by atoms with Crippen LogP contribution in [0.4, 0.5) is 5.82 Å². The Hall–Kier alpha value is -1.76. The van der Waals surface area contributed by atoms with Gasteiger partial charge in [0, 0.05) is 27.7 Å². The van der Waals surface area contributed by atoms with E-state index >= 15 is 0 Å². The molecule has 0 aliphatic heterocycles. The van der Waals surface area contributed by atoms with Crippen molar-refractivity contribution < 1.29 is 9.94 Å². The molecule has 3 N–H and O–H groups in total. The van der Waals surface area contributed by atoms with Gasteiger partial charge in [-0.25, -0.2) is 0 Å². The highest BCUT2D eigenvalue weighted by Crippen LogP contribution is 2.21. The Labute approximate surface area is 100 Å². The number of oxime groups is 1. The van der Waals surface area contributed by atoms with Crippen molar-refractivity contribution in [2.75, 3.05) is 32.2 Å². The van der Waals surface area contributed by atoms with Gasteiger partial charge in [-0.3, -0.25) is 4.68 Å². The van der Waals surface area contributed by atoms with Gasteiger partial charge in [-0.1, -0.05) is 5.16 Å². The number of amidine groups is 1. The lowest BCUT2D eigenvalue weighted by Gasteiger charge is -2.20. The van der Waals surface area contributed by atoms with Gasteiger partial charge < -0.3 is 20.6 Å². The molecule has 0 fully saturated rings. The normalized spacial score (nSPS) is 11.9. The summed E-state index contributed by atoms with van der Waals surface area (Å²) in [5, 5.41) is 16.1. The first-order chi connectivity index (χ1) is 8.02. The van der Waals surface area contributed by atoms with Crippen LogP contribution in [0, 0.1) is 6.92 Å². The fraction of sp³-hybridized carbons (Fsp3) is 0.600. The summed E-state index contributed by atoms with van der Waals surface area (Å²) in [6, 6.07) is 0. The number of hydrogen-bond acceptors (Lipinski definition) is 5. The van der Waals surface area contributed by atoms with Crippen LogP contribution in [-0.4, -0.2) is 48.1 Å². The van der Waals surface area contributed by atoms with E-state index in [2.05, 4.69) is 10.3 Å². The summed E-state index contributed by atoms with van der Waals surface area (Å²) >= 11 is 0. The molecule has 0 aromatic carbocycles. The van der Waals surface area contributed by atoms with E-state index in [1.165, 1.54) is 0 Å². The molecular weight excluding hydrogens is 222 g/mol. The van der Waals surface area contributed by atoms with Crippen LogP contribution in [0.25, 0.3) is 0 Å². The zero-order valence-electron chi connectivity index (χ0n) is 10.6. The molecule has 1 aromatic rings. The molecule has 96 valence electrons. The second kappa shape index (κ2) is 5.53. The number of aryl methyl sites for hydroxylation is 2. The first-order valence-electron chi connectivity index (χ1n) is 5.24. The topological polar surface area (TPSA) is 88.9 Å². The van der Waals surface area contributed by atoms with Gasteiger partial charge in [0.2, 0.25) is 0 Å². The number of ether oxygens (including phenoxy) is 1. The minimum absolute atomic E-state index is 0.0647. The molecule has 0 atom stereocenters. The Kier molecular flexibility index (Phi) is 4.33. The highest BCUT2D eigenvalue weighted by molar-refractivity contribution is 6.02. The summed E-state index contributed by atoms with van der Waals surface area (Å²) in [7, 11) is 5.37. The molecule has 0 aliphatic rings. The van der Waals surface area contributed by atoms with Crippen molar-refractivity contribution in [2.24, 2.45) is 17.9 Å². The van der Waals surface area contributed by atoms with Gasteiger partial charge in [-0.05, 0) is 6.92 Å². The standard InChI is InChI=1S/C10H19N5O2/c1-7-8(9(11)13-16)10(15(3)12-7)14(2)5-6-17-4/h16H,5-6H2,1-4H3,(H2,11,13). The third kappa shape index (κ3) is 2.68. The Morgan fingerprint density at radius 3 is 2.82 bits per heavy atom. The fourth-order valence-electron chi connectivity index (χ4n) is 1.77. The molecule has 0 unspecified atom stereocenters. The van der Waals surface area contributed by atoms with Gasteiger partial charge in [0.15, 0.2) is 5.84 Å². The average molecular weight is 241 g/mol. The Balaban J connectivity index is 3.13. The van der Waals surface area contributed by atoms with Crippen LogP contribution in [-0.2, 0) is 11.8 Å². The highest BCUT2D eigenvalue weighted by Gasteiger charge is 2.19. The molecule has 7 heteroatoms. The van der Waals surface area contributed by atoms with Crippen molar-refractivity contribution in [1.82, 2.24) is 9.78 Å². The quantitative estimate of drug-likeness (QED) is 0.325. The van der Waals surface area contributed by atoms with Crippen molar-refractivity contribution in [3.8, 4) is 0 Å². The molecule has 0 radical (unpaired) electrons. The van der Waals surface area contributed by atoms with Crippen LogP contribution in [0.5, 0.6) is 0 Å². The first-order valence-corrected chi connectivity index (χ1v) is 5.24. The SMILES string of the molecule is COCCN(C)c1c(C(N)=NO)c(C)nn1C. The zero-order chi connectivity index (χ0) is 13.0. The lowest BCUT2D eigenvalue weighted by Crippen LogP contribution is -2.27. The van der Waals surface area contributed by atoms with Crippen LogP contribution in [0.1, 0.15) is 11.3 Å². The van der Waals surface area contributed by atoms with E-state index in [4.69, 9.17) is 15.7 Å². The lowest BCUT2D eigenvalue weighted by molar-refractivity contribution is 0.206. The van der Waals surface area contributed by atoms with Gasteiger partial charge in [0.1, 0.15) is 5.82 Å². The van der Waals surface area contributed by atoms with Gasteiger partial charge in [-0.2, -0.15) is 5.10 Å². The van der Waals surface area contributed by atoms with E-state index in [-0.39, 0.29) is 5.84 Å². The molecule has 1 aromatic heterocycles. The van der Waals surface area contributed by atoms with Gasteiger partial charge >= 0.3 is 0 Å². The highest BCUT2D eigenvalue weighted by atomic mass is 16.5. The van der Waals surface area contributed by atoms with Crippen molar-refractivity contribution in [2.45, 2.75) is 6.92 Å². The first kappa shape index (κ1) is 13.3. The summed E-state index contributed by atoms with van der Waals surface area (Å²) < 4.78 is 6.73. The number of anilines is 1. The number of likely N-dealkylation sites (N-methyl/N-ethyl adjacent to an activating group) is 1. The second-order valence-corrected chi connectivity index (χ2v) is 3.81. The van der Waals surface area contributed by atoms with E-state index in [1.54, 1.807) is 11.8 Å². The smallest absolute Gasteiger partial charge is 0.175 e. The second-order valence-electron chi connectivity index (χ2n) is 3.81. The van der Waals surface area contributed by atoms with Crippen molar-refractivity contribution >= 4 is 11.7 Å². The maximum Gasteiger partial charge on any atom is 0.175 e. The number of rotatable bonds is 5. The minimum Gasteiger partial charge on any atom is -0.409 e. The number of hydrogen-bond donors (Lipinski definition) is 2. The van der Waals surface area contributed by atoms with E-state index in [0.717, 1.165) is 11.5 Å². The molecular formula is C10H19N5O2. The maximum atomic E-state index is 8.79. The molecule has 0 spiro atoms. The molecule has 7 nitrogen and oxygen atoms in total. The average Bonchev–Trinajstić information content (AvgIpc) is 2.60. The lowest BCUT2D eigenvalue weighted by atomic mass is 10.2. The van der Waals surface area contributed by atoms with Crippen LogP contribution in [0.15, 0.2) is 5.16 Å². The van der Waals surface area contributed by atoms with Crippen molar-refractivity contribution in [3.05, 3.63) is 11.3 Å². The molecule has 0 saturated heterocycles. The third-order valence-electron chi connectivity index (χ3n) is 2.55. The largest absolute Gasteiger partial charge is 0.409 e. The Morgan fingerprint density at radius 2 is 2.29 bits per heavy atom. The molecule has 0 saturated carbocycles. The summed E-state index contributed by atoms with van der Waals surface area (Å²) in [4.78, 5) is 1.96. The third-order valence-corrected chi connectivity index (χ3v) is 2.55. The Bertz CT molecular complexity index is 413. The summed E-state index contributed by atoms with van der Waals surface area (Å²) in [6.07, 6.45) is 0. The number of methoxy groups -OCH3 is 1. The van der Waals surface area contributed by atoms with Gasteiger partial charge in [0.25, 0.3) is 0 Å². The van der Waals surface area contributed by atoms with E-state index in [1.807, 2.05) is 25.9 Å². The van der Waals surface area contributed by atoms with E-state index < -0.39 is 0 Å². The molecule has 17 heavy (non-hydrogen) atoms. The van der Waals surface area contributed by atoms with E-state index in [9.17, 15) is 0 Å². The van der Waals surface area contributed by atoms with Crippen molar-refractivity contribution in [3.63, 3.8) is 0 Å². The molecule has 0 bridgehead atoms. The van der Waals surface area contributed by atoms with E-state index in [0.29, 0.717) is 18.7 Å². The fourth-order valence-corrected chi connectivity index (χ4v) is 1.77. The summed E-state index contributed by atoms with van der Waals surface area (Å²) in [5.41, 5.74) is 7.04. The molecule has 0 amide bonds. The molecule has 0 aliphatic carbocycles. The monoisotopic (exact) mass is 241 g/mol. The number of nitrogens with zero attached hydrogens (tertiary/aromatic N) is 4. The molecule has 1 rings (SSSR count). The molecule has 1 heterocycles. The summed E-state index contributed by atoms with van der Waals surface area (Å²) in [5.74, 6) is 0.865.